The standard InChI is InChI=1S/C17H18N4O/c22-17(19-11-8-14-5-3-4-10-18-14)9-12-21-13-20-15-6-1-2-7-16(15)21/h1-7,10,13H,8-9,11-12H2,(H,19,22). The molecule has 0 unspecified atom stereocenters. The predicted octanol–water partition coefficient (Wildman–Crippen LogP) is 2.18. The number of fused-ring (bicyclic) bond motifs is 1. The highest BCUT2D eigenvalue weighted by molar-refractivity contribution is 5.77. The minimum absolute atomic E-state index is 0.0497. The highest BCUT2D eigenvalue weighted by Crippen LogP contribution is 2.11. The smallest absolute Gasteiger partial charge is 0.221 e. The molecule has 1 aromatic carbocycles. The number of nitrogens with zero attached hydrogens (tertiary/aromatic N) is 3. The molecule has 0 aliphatic heterocycles. The Hall–Kier alpha value is -2.69. The minimum Gasteiger partial charge on any atom is -0.356 e. The van der Waals surface area contributed by atoms with Crippen molar-refractivity contribution >= 4 is 16.9 Å². The molecule has 112 valence electrons. The Balaban J connectivity index is 1.46. The van der Waals surface area contributed by atoms with E-state index in [-0.39, 0.29) is 5.91 Å². The lowest BCUT2D eigenvalue weighted by Gasteiger charge is -2.06. The van der Waals surface area contributed by atoms with E-state index in [1.807, 2.05) is 47.0 Å². The molecule has 0 saturated heterocycles. The number of carbonyl (C=O) groups excluding carboxylic acids is 1. The van der Waals surface area contributed by atoms with E-state index in [1.165, 1.54) is 0 Å². The van der Waals surface area contributed by atoms with E-state index in [4.69, 9.17) is 0 Å². The zero-order valence-corrected chi connectivity index (χ0v) is 12.3. The fraction of sp³-hybridized carbons (Fsp3) is 0.235. The third-order valence-electron chi connectivity index (χ3n) is 3.54. The van der Waals surface area contributed by atoms with Crippen LogP contribution in [0.5, 0.6) is 0 Å². The summed E-state index contributed by atoms with van der Waals surface area (Å²) in [5.41, 5.74) is 3.00. The van der Waals surface area contributed by atoms with Crippen LogP contribution in [-0.2, 0) is 17.8 Å². The molecule has 3 aromatic rings. The normalized spacial score (nSPS) is 10.7. The van der Waals surface area contributed by atoms with Crippen LogP contribution in [-0.4, -0.2) is 27.0 Å². The van der Waals surface area contributed by atoms with Gasteiger partial charge in [-0.2, -0.15) is 0 Å². The zero-order valence-electron chi connectivity index (χ0n) is 12.3. The molecule has 0 fully saturated rings. The van der Waals surface area contributed by atoms with E-state index in [2.05, 4.69) is 15.3 Å². The maximum Gasteiger partial charge on any atom is 0.221 e. The summed E-state index contributed by atoms with van der Waals surface area (Å²) in [6, 6.07) is 13.7. The monoisotopic (exact) mass is 294 g/mol. The van der Waals surface area contributed by atoms with Crippen LogP contribution >= 0.6 is 0 Å². The number of nitrogens with one attached hydrogen (secondary N) is 1. The molecule has 2 heterocycles. The molecule has 1 N–H and O–H groups in total. The van der Waals surface area contributed by atoms with Gasteiger partial charge in [0.25, 0.3) is 0 Å². The minimum atomic E-state index is 0.0497. The number of imidazole rings is 1. The SMILES string of the molecule is O=C(CCn1cnc2ccccc21)NCCc1ccccn1. The largest absolute Gasteiger partial charge is 0.356 e. The van der Waals surface area contributed by atoms with Crippen LogP contribution in [0.2, 0.25) is 0 Å². The predicted molar refractivity (Wildman–Crippen MR) is 85.3 cm³/mol. The lowest BCUT2D eigenvalue weighted by molar-refractivity contribution is -0.121. The number of pyridine rings is 1. The number of hydrogen-bond acceptors (Lipinski definition) is 3. The molecule has 0 saturated carbocycles. The van der Waals surface area contributed by atoms with Crippen molar-refractivity contribution in [2.75, 3.05) is 6.54 Å². The number of aromatic nitrogens is 3. The van der Waals surface area contributed by atoms with Crippen LogP contribution in [0.25, 0.3) is 11.0 Å². The van der Waals surface area contributed by atoms with E-state index in [9.17, 15) is 4.79 Å². The molecule has 0 spiro atoms. The Morgan fingerprint density at radius 3 is 2.82 bits per heavy atom. The summed E-state index contributed by atoms with van der Waals surface area (Å²) in [4.78, 5) is 20.5. The number of aryl methyl sites for hydroxylation is 1. The fourth-order valence-electron chi connectivity index (χ4n) is 2.37. The molecular weight excluding hydrogens is 276 g/mol. The summed E-state index contributed by atoms with van der Waals surface area (Å²) >= 11 is 0. The van der Waals surface area contributed by atoms with Crippen molar-refractivity contribution in [3.63, 3.8) is 0 Å². The van der Waals surface area contributed by atoms with Crippen LogP contribution in [0, 0.1) is 0 Å². The Morgan fingerprint density at radius 1 is 1.09 bits per heavy atom. The highest BCUT2D eigenvalue weighted by Gasteiger charge is 2.05. The number of amides is 1. The van der Waals surface area contributed by atoms with Gasteiger partial charge in [-0.1, -0.05) is 18.2 Å². The molecule has 0 bridgehead atoms. The van der Waals surface area contributed by atoms with Crippen LogP contribution in [0.1, 0.15) is 12.1 Å². The second-order valence-corrected chi connectivity index (χ2v) is 5.10. The number of para-hydroxylation sites is 2. The van der Waals surface area contributed by atoms with Crippen molar-refractivity contribution in [2.45, 2.75) is 19.4 Å². The van der Waals surface area contributed by atoms with Gasteiger partial charge >= 0.3 is 0 Å². The van der Waals surface area contributed by atoms with Crippen LogP contribution in [0.4, 0.5) is 0 Å². The van der Waals surface area contributed by atoms with Gasteiger partial charge < -0.3 is 9.88 Å². The second-order valence-electron chi connectivity index (χ2n) is 5.10. The van der Waals surface area contributed by atoms with Crippen molar-refractivity contribution in [1.82, 2.24) is 19.9 Å². The van der Waals surface area contributed by atoms with Gasteiger partial charge in [-0.15, -0.1) is 0 Å². The molecule has 0 radical (unpaired) electrons. The Kier molecular flexibility index (Phi) is 4.44. The summed E-state index contributed by atoms with van der Waals surface area (Å²) in [6.45, 7) is 1.25. The average molecular weight is 294 g/mol. The van der Waals surface area contributed by atoms with Gasteiger partial charge in [0.2, 0.25) is 5.91 Å². The maximum absolute atomic E-state index is 11.9. The van der Waals surface area contributed by atoms with Crippen LogP contribution in [0.15, 0.2) is 55.0 Å². The number of hydrogen-bond donors (Lipinski definition) is 1. The summed E-state index contributed by atoms with van der Waals surface area (Å²) in [6.07, 6.45) is 4.75. The van der Waals surface area contributed by atoms with E-state index in [0.717, 1.165) is 23.1 Å². The zero-order chi connectivity index (χ0) is 15.2. The molecule has 22 heavy (non-hydrogen) atoms. The molecule has 0 aliphatic carbocycles. The van der Waals surface area contributed by atoms with E-state index < -0.39 is 0 Å². The van der Waals surface area contributed by atoms with Crippen LogP contribution < -0.4 is 5.32 Å². The van der Waals surface area contributed by atoms with Crippen molar-refractivity contribution < 1.29 is 4.79 Å². The first-order chi connectivity index (χ1) is 10.8. The fourth-order valence-corrected chi connectivity index (χ4v) is 2.37. The second kappa shape index (κ2) is 6.85. The number of rotatable bonds is 6. The molecule has 5 nitrogen and oxygen atoms in total. The lowest BCUT2D eigenvalue weighted by Crippen LogP contribution is -2.26. The molecule has 0 aliphatic rings. The molecule has 2 aromatic heterocycles. The van der Waals surface area contributed by atoms with Gasteiger partial charge in [0.05, 0.1) is 17.4 Å². The Morgan fingerprint density at radius 2 is 1.95 bits per heavy atom. The average Bonchev–Trinajstić information content (AvgIpc) is 2.97. The third kappa shape index (κ3) is 3.49. The van der Waals surface area contributed by atoms with Gasteiger partial charge in [-0.25, -0.2) is 4.98 Å². The van der Waals surface area contributed by atoms with E-state index in [1.54, 1.807) is 12.5 Å². The first-order valence-corrected chi connectivity index (χ1v) is 7.39. The molecule has 3 rings (SSSR count). The first kappa shape index (κ1) is 14.3. The lowest BCUT2D eigenvalue weighted by atomic mass is 10.2. The topological polar surface area (TPSA) is 59.8 Å². The molecule has 1 amide bonds. The Labute approximate surface area is 129 Å². The molecule has 0 atom stereocenters. The quantitative estimate of drug-likeness (QED) is 0.758. The van der Waals surface area contributed by atoms with E-state index >= 15 is 0 Å². The van der Waals surface area contributed by atoms with Gasteiger partial charge in [0, 0.05) is 37.8 Å². The summed E-state index contributed by atoms with van der Waals surface area (Å²) < 4.78 is 2.01. The number of carbonyl (C=O) groups is 1. The summed E-state index contributed by atoms with van der Waals surface area (Å²) in [7, 11) is 0. The van der Waals surface area contributed by atoms with E-state index in [0.29, 0.717) is 19.5 Å². The summed E-state index contributed by atoms with van der Waals surface area (Å²) in [5.74, 6) is 0.0497. The number of benzene rings is 1. The van der Waals surface area contributed by atoms with Crippen molar-refractivity contribution in [3.05, 3.63) is 60.7 Å². The van der Waals surface area contributed by atoms with Gasteiger partial charge in [-0.05, 0) is 24.3 Å². The van der Waals surface area contributed by atoms with Gasteiger partial charge in [-0.3, -0.25) is 9.78 Å². The van der Waals surface area contributed by atoms with Crippen molar-refractivity contribution in [2.24, 2.45) is 0 Å². The van der Waals surface area contributed by atoms with Crippen molar-refractivity contribution in [1.29, 1.82) is 0 Å². The molecular formula is C17H18N4O. The van der Waals surface area contributed by atoms with Crippen LogP contribution in [0.3, 0.4) is 0 Å². The van der Waals surface area contributed by atoms with Gasteiger partial charge in [0.1, 0.15) is 0 Å². The Bertz CT molecular complexity index is 751. The highest BCUT2D eigenvalue weighted by atomic mass is 16.1. The maximum atomic E-state index is 11.9. The first-order valence-electron chi connectivity index (χ1n) is 7.39. The van der Waals surface area contributed by atoms with Gasteiger partial charge in [0.15, 0.2) is 0 Å². The third-order valence-corrected chi connectivity index (χ3v) is 3.54. The molecule has 5 heteroatoms. The van der Waals surface area contributed by atoms with Crippen molar-refractivity contribution in [3.8, 4) is 0 Å². The summed E-state index contributed by atoms with van der Waals surface area (Å²) in [5, 5.41) is 2.93.